The molecule has 1 aliphatic rings. The lowest BCUT2D eigenvalue weighted by molar-refractivity contribution is 0.0952. The fraction of sp³-hybridized carbons (Fsp3) is 0.533. The summed E-state index contributed by atoms with van der Waals surface area (Å²) in [5.74, 6) is 0.590. The first-order chi connectivity index (χ1) is 7.33. The number of carbonyl (C=O) groups is 1. The van der Waals surface area contributed by atoms with Crippen molar-refractivity contribution >= 4 is 5.78 Å². The van der Waals surface area contributed by atoms with Crippen LogP contribution in [0.2, 0.25) is 0 Å². The second kappa shape index (κ2) is 3.44. The maximum Gasteiger partial charge on any atom is 0.167 e. The van der Waals surface area contributed by atoms with Gasteiger partial charge in [-0.05, 0) is 43.7 Å². The van der Waals surface area contributed by atoms with Crippen molar-refractivity contribution in [3.05, 3.63) is 34.4 Å². The fourth-order valence-electron chi connectivity index (χ4n) is 2.66. The number of carbonyl (C=O) groups excluding carboxylic acids is 1. The minimum atomic E-state index is 0.223. The molecule has 1 heteroatoms. The first-order valence-electron chi connectivity index (χ1n) is 5.95. The highest BCUT2D eigenvalue weighted by atomic mass is 16.1. The van der Waals surface area contributed by atoms with Crippen LogP contribution in [0.4, 0.5) is 0 Å². The number of aryl methyl sites for hydroxylation is 3. The highest BCUT2D eigenvalue weighted by molar-refractivity contribution is 6.02. The molecule has 0 spiro atoms. The number of hydrogen-bond donors (Lipinski definition) is 0. The van der Waals surface area contributed by atoms with Crippen LogP contribution in [0, 0.1) is 32.1 Å². The van der Waals surface area contributed by atoms with E-state index < -0.39 is 0 Å². The van der Waals surface area contributed by atoms with Gasteiger partial charge < -0.3 is 0 Å². The zero-order valence-corrected chi connectivity index (χ0v) is 10.8. The molecule has 1 aromatic carbocycles. The Morgan fingerprint density at radius 2 is 1.62 bits per heavy atom. The van der Waals surface area contributed by atoms with Gasteiger partial charge in [0, 0.05) is 11.5 Å². The third kappa shape index (κ3) is 1.79. The molecule has 16 heavy (non-hydrogen) atoms. The maximum atomic E-state index is 12.4. The Labute approximate surface area is 97.9 Å². The van der Waals surface area contributed by atoms with Crippen LogP contribution in [-0.4, -0.2) is 5.78 Å². The predicted molar refractivity (Wildman–Crippen MR) is 66.9 cm³/mol. The van der Waals surface area contributed by atoms with E-state index >= 15 is 0 Å². The Morgan fingerprint density at radius 3 is 2.00 bits per heavy atom. The molecule has 0 saturated heterocycles. The Balaban J connectivity index is 2.38. The van der Waals surface area contributed by atoms with Gasteiger partial charge in [-0.15, -0.1) is 0 Å². The van der Waals surface area contributed by atoms with Gasteiger partial charge in [0.05, 0.1) is 0 Å². The molecule has 1 aromatic rings. The van der Waals surface area contributed by atoms with Crippen molar-refractivity contribution in [2.75, 3.05) is 0 Å². The zero-order valence-electron chi connectivity index (χ0n) is 10.8. The zero-order chi connectivity index (χ0) is 12.1. The second-order valence-corrected chi connectivity index (χ2v) is 5.88. The molecule has 1 unspecified atom stereocenters. The molecule has 86 valence electrons. The molecule has 0 bridgehead atoms. The molecule has 2 rings (SSSR count). The Morgan fingerprint density at radius 1 is 1.19 bits per heavy atom. The van der Waals surface area contributed by atoms with E-state index in [1.807, 2.05) is 13.8 Å². The lowest BCUT2D eigenvalue weighted by atomic mass is 9.92. The van der Waals surface area contributed by atoms with Crippen LogP contribution in [0.1, 0.15) is 47.3 Å². The molecule has 0 heterocycles. The summed E-state index contributed by atoms with van der Waals surface area (Å²) in [5.41, 5.74) is 4.68. The van der Waals surface area contributed by atoms with E-state index in [1.165, 1.54) is 5.56 Å². The van der Waals surface area contributed by atoms with Gasteiger partial charge in [0.2, 0.25) is 0 Å². The number of hydrogen-bond acceptors (Lipinski definition) is 1. The molecule has 0 amide bonds. The minimum Gasteiger partial charge on any atom is -0.294 e. The molecule has 0 radical (unpaired) electrons. The summed E-state index contributed by atoms with van der Waals surface area (Å²) < 4.78 is 0. The minimum absolute atomic E-state index is 0.223. The topological polar surface area (TPSA) is 17.1 Å². The van der Waals surface area contributed by atoms with E-state index in [0.29, 0.717) is 5.78 Å². The third-order valence-electron chi connectivity index (χ3n) is 3.75. The number of ketones is 1. The van der Waals surface area contributed by atoms with Crippen LogP contribution >= 0.6 is 0 Å². The Hall–Kier alpha value is -1.11. The van der Waals surface area contributed by atoms with Gasteiger partial charge in [-0.25, -0.2) is 0 Å². The summed E-state index contributed by atoms with van der Waals surface area (Å²) in [7, 11) is 0. The largest absolute Gasteiger partial charge is 0.294 e. The highest BCUT2D eigenvalue weighted by Gasteiger charge is 2.50. The van der Waals surface area contributed by atoms with Gasteiger partial charge in [0.15, 0.2) is 5.78 Å². The molecule has 0 aromatic heterocycles. The lowest BCUT2D eigenvalue weighted by Crippen LogP contribution is -2.10. The SMILES string of the molecule is Cc1cc(C)c(C(=O)C2CC2(C)C)c(C)c1. The first-order valence-corrected chi connectivity index (χ1v) is 5.95. The molecule has 0 aliphatic heterocycles. The summed E-state index contributed by atoms with van der Waals surface area (Å²) in [4.78, 5) is 12.4. The van der Waals surface area contributed by atoms with Crippen LogP contribution in [0.3, 0.4) is 0 Å². The van der Waals surface area contributed by atoms with E-state index in [9.17, 15) is 4.79 Å². The molecule has 1 nitrogen and oxygen atoms in total. The van der Waals surface area contributed by atoms with Crippen LogP contribution in [0.5, 0.6) is 0 Å². The van der Waals surface area contributed by atoms with Gasteiger partial charge in [0.1, 0.15) is 0 Å². The van der Waals surface area contributed by atoms with E-state index in [1.54, 1.807) is 0 Å². The van der Waals surface area contributed by atoms with Gasteiger partial charge in [-0.3, -0.25) is 4.79 Å². The third-order valence-corrected chi connectivity index (χ3v) is 3.75. The summed E-state index contributed by atoms with van der Waals surface area (Å²) in [5, 5.41) is 0. The van der Waals surface area contributed by atoms with Crippen LogP contribution in [0.25, 0.3) is 0 Å². The van der Waals surface area contributed by atoms with Gasteiger partial charge in [-0.1, -0.05) is 31.5 Å². The lowest BCUT2D eigenvalue weighted by Gasteiger charge is -2.11. The van der Waals surface area contributed by atoms with Crippen molar-refractivity contribution in [1.29, 1.82) is 0 Å². The average molecular weight is 216 g/mol. The standard InChI is InChI=1S/C15H20O/c1-9-6-10(2)13(11(3)7-9)14(16)12-8-15(12,4)5/h6-7,12H,8H2,1-5H3. The maximum absolute atomic E-state index is 12.4. The monoisotopic (exact) mass is 216 g/mol. The molecule has 1 fully saturated rings. The molecule has 0 N–H and O–H groups in total. The summed E-state index contributed by atoms with van der Waals surface area (Å²) in [6.45, 7) is 10.5. The van der Waals surface area contributed by atoms with Crippen molar-refractivity contribution in [3.63, 3.8) is 0 Å². The van der Waals surface area contributed by atoms with Crippen LogP contribution in [-0.2, 0) is 0 Å². The summed E-state index contributed by atoms with van der Waals surface area (Å²) in [6.07, 6.45) is 1.04. The molecule has 1 saturated carbocycles. The van der Waals surface area contributed by atoms with E-state index in [0.717, 1.165) is 23.1 Å². The second-order valence-electron chi connectivity index (χ2n) is 5.88. The quantitative estimate of drug-likeness (QED) is 0.686. The normalized spacial score (nSPS) is 21.9. The average Bonchev–Trinajstić information content (AvgIpc) is 2.73. The number of rotatable bonds is 2. The van der Waals surface area contributed by atoms with Crippen molar-refractivity contribution in [2.24, 2.45) is 11.3 Å². The van der Waals surface area contributed by atoms with E-state index in [-0.39, 0.29) is 11.3 Å². The van der Waals surface area contributed by atoms with Crippen LogP contribution in [0.15, 0.2) is 12.1 Å². The number of Topliss-reactive ketones (excluding diaryl/α,β-unsaturated/α-hetero) is 1. The van der Waals surface area contributed by atoms with Gasteiger partial charge in [-0.2, -0.15) is 0 Å². The first kappa shape index (κ1) is 11.4. The van der Waals surface area contributed by atoms with Crippen LogP contribution < -0.4 is 0 Å². The molecular weight excluding hydrogens is 196 g/mol. The van der Waals surface area contributed by atoms with Crippen molar-refractivity contribution in [1.82, 2.24) is 0 Å². The smallest absolute Gasteiger partial charge is 0.167 e. The number of benzene rings is 1. The van der Waals surface area contributed by atoms with Crippen molar-refractivity contribution in [3.8, 4) is 0 Å². The van der Waals surface area contributed by atoms with E-state index in [2.05, 4.69) is 32.9 Å². The van der Waals surface area contributed by atoms with E-state index in [4.69, 9.17) is 0 Å². The Kier molecular flexibility index (Phi) is 2.45. The molecule has 1 aliphatic carbocycles. The Bertz CT molecular complexity index is 431. The fourth-order valence-corrected chi connectivity index (χ4v) is 2.66. The van der Waals surface area contributed by atoms with Gasteiger partial charge >= 0.3 is 0 Å². The highest BCUT2D eigenvalue weighted by Crippen LogP contribution is 2.53. The predicted octanol–water partition coefficient (Wildman–Crippen LogP) is 3.84. The summed E-state index contributed by atoms with van der Waals surface area (Å²) in [6, 6.07) is 4.21. The van der Waals surface area contributed by atoms with Gasteiger partial charge in [0.25, 0.3) is 0 Å². The van der Waals surface area contributed by atoms with Crippen molar-refractivity contribution in [2.45, 2.75) is 41.0 Å². The molecule has 1 atom stereocenters. The van der Waals surface area contributed by atoms with Crippen molar-refractivity contribution < 1.29 is 4.79 Å². The molecular formula is C15H20O. The summed E-state index contributed by atoms with van der Waals surface area (Å²) >= 11 is 0.